The molecule has 1 heterocycles. The molecule has 100 valence electrons. The predicted octanol–water partition coefficient (Wildman–Crippen LogP) is 0.463. The van der Waals surface area contributed by atoms with Crippen molar-refractivity contribution in [2.45, 2.75) is 38.4 Å². The fraction of sp³-hybridized carbons (Fsp3) is 0.900. The van der Waals surface area contributed by atoms with Crippen molar-refractivity contribution in [3.8, 4) is 0 Å². The highest BCUT2D eigenvalue weighted by molar-refractivity contribution is 7.85. The highest BCUT2D eigenvalue weighted by Crippen LogP contribution is 2.40. The second-order valence-corrected chi connectivity index (χ2v) is 5.75. The van der Waals surface area contributed by atoms with E-state index >= 15 is 0 Å². The summed E-state index contributed by atoms with van der Waals surface area (Å²) in [6.07, 6.45) is 1.89. The van der Waals surface area contributed by atoms with Crippen LogP contribution in [0.2, 0.25) is 0 Å². The summed E-state index contributed by atoms with van der Waals surface area (Å²) in [5, 5.41) is 0. The lowest BCUT2D eigenvalue weighted by Gasteiger charge is -2.05. The number of ether oxygens (including phenoxy) is 2. The van der Waals surface area contributed by atoms with Gasteiger partial charge in [-0.05, 0) is 26.7 Å². The first-order valence-corrected chi connectivity index (χ1v) is 7.30. The van der Waals surface area contributed by atoms with Gasteiger partial charge in [0, 0.05) is 0 Å². The molecule has 0 saturated carbocycles. The minimum atomic E-state index is -3.39. The number of esters is 1. The first-order valence-electron chi connectivity index (χ1n) is 5.49. The predicted molar refractivity (Wildman–Crippen MR) is 59.9 cm³/mol. The molecule has 0 aromatic carbocycles. The molecular weight excluding hydrogens is 248 g/mol. The van der Waals surface area contributed by atoms with Crippen molar-refractivity contribution in [1.82, 2.24) is 0 Å². The lowest BCUT2D eigenvalue weighted by atomic mass is 10.0. The van der Waals surface area contributed by atoms with Crippen molar-refractivity contribution in [3.05, 3.63) is 0 Å². The maximum Gasteiger partial charge on any atom is 0.340 e. The summed E-state index contributed by atoms with van der Waals surface area (Å²) in [4.78, 5) is 11.5. The summed E-state index contributed by atoms with van der Waals surface area (Å²) in [6, 6.07) is 0. The molecule has 1 rings (SSSR count). The van der Waals surface area contributed by atoms with E-state index < -0.39 is 15.7 Å². The van der Waals surface area contributed by atoms with Crippen LogP contribution in [0.3, 0.4) is 0 Å². The van der Waals surface area contributed by atoms with Gasteiger partial charge in [0.05, 0.1) is 25.6 Å². The fourth-order valence-electron chi connectivity index (χ4n) is 1.53. The molecule has 1 fully saturated rings. The zero-order valence-corrected chi connectivity index (χ0v) is 11.1. The smallest absolute Gasteiger partial charge is 0.340 e. The summed E-state index contributed by atoms with van der Waals surface area (Å²) >= 11 is 0. The molecule has 1 aliphatic rings. The van der Waals surface area contributed by atoms with Crippen molar-refractivity contribution in [3.63, 3.8) is 0 Å². The third kappa shape index (κ3) is 4.25. The number of hydrogen-bond donors (Lipinski definition) is 0. The molecule has 0 N–H and O–H groups in total. The minimum Gasteiger partial charge on any atom is -0.464 e. The average molecular weight is 266 g/mol. The van der Waals surface area contributed by atoms with Crippen molar-refractivity contribution >= 4 is 16.1 Å². The number of rotatable bonds is 7. The molecular formula is C10H18O6S. The standard InChI is InChI=1S/C10H18O6S/c1-4-14-9(11)10(2)8(16-10)6-5-7-15-17(3,12)13/h8H,4-7H2,1-3H3/t8-,10-/m0/s1. The van der Waals surface area contributed by atoms with Crippen molar-refractivity contribution in [2.75, 3.05) is 19.5 Å². The molecule has 7 heteroatoms. The lowest BCUT2D eigenvalue weighted by Crippen LogP contribution is -2.26. The van der Waals surface area contributed by atoms with E-state index in [4.69, 9.17) is 9.47 Å². The van der Waals surface area contributed by atoms with Gasteiger partial charge in [-0.15, -0.1) is 0 Å². The minimum absolute atomic E-state index is 0.109. The number of carbonyl (C=O) groups excluding carboxylic acids is 1. The van der Waals surface area contributed by atoms with E-state index in [0.29, 0.717) is 19.4 Å². The Kier molecular flexibility index (Phi) is 4.51. The maximum atomic E-state index is 11.5. The first-order chi connectivity index (χ1) is 7.79. The topological polar surface area (TPSA) is 82.2 Å². The van der Waals surface area contributed by atoms with Gasteiger partial charge in [-0.1, -0.05) is 0 Å². The van der Waals surface area contributed by atoms with Crippen molar-refractivity contribution in [1.29, 1.82) is 0 Å². The lowest BCUT2D eigenvalue weighted by molar-refractivity contribution is -0.148. The maximum absolute atomic E-state index is 11.5. The quantitative estimate of drug-likeness (QED) is 0.288. The third-order valence-electron chi connectivity index (χ3n) is 2.53. The van der Waals surface area contributed by atoms with Gasteiger partial charge in [0.15, 0.2) is 5.60 Å². The molecule has 0 aromatic heterocycles. The second-order valence-electron chi connectivity index (χ2n) is 4.10. The zero-order valence-electron chi connectivity index (χ0n) is 10.3. The Balaban J connectivity index is 2.22. The van der Waals surface area contributed by atoms with E-state index in [1.54, 1.807) is 13.8 Å². The Labute approximate surface area is 101 Å². The Bertz CT molecular complexity index is 376. The molecule has 0 spiro atoms. The van der Waals surface area contributed by atoms with Crippen LogP contribution in [-0.2, 0) is 28.6 Å². The van der Waals surface area contributed by atoms with Gasteiger partial charge in [0.25, 0.3) is 10.1 Å². The second kappa shape index (κ2) is 5.32. The van der Waals surface area contributed by atoms with Crippen LogP contribution in [0.5, 0.6) is 0 Å². The average Bonchev–Trinajstić information content (AvgIpc) is 2.85. The summed E-state index contributed by atoms with van der Waals surface area (Å²) in [6.45, 7) is 3.84. The van der Waals surface area contributed by atoms with Gasteiger partial charge < -0.3 is 9.47 Å². The molecule has 1 aliphatic heterocycles. The number of carbonyl (C=O) groups is 1. The van der Waals surface area contributed by atoms with Crippen LogP contribution in [0.15, 0.2) is 0 Å². The van der Waals surface area contributed by atoms with E-state index in [2.05, 4.69) is 4.18 Å². The fourth-order valence-corrected chi connectivity index (χ4v) is 1.95. The molecule has 0 unspecified atom stereocenters. The van der Waals surface area contributed by atoms with E-state index in [9.17, 15) is 13.2 Å². The Morgan fingerprint density at radius 2 is 2.12 bits per heavy atom. The summed E-state index contributed by atoms with van der Waals surface area (Å²) in [7, 11) is -3.39. The van der Waals surface area contributed by atoms with Gasteiger partial charge in [-0.2, -0.15) is 8.42 Å². The van der Waals surface area contributed by atoms with Gasteiger partial charge >= 0.3 is 5.97 Å². The largest absolute Gasteiger partial charge is 0.464 e. The summed E-state index contributed by atoms with van der Waals surface area (Å²) in [5.74, 6) is -0.367. The normalized spacial score (nSPS) is 27.8. The molecule has 0 amide bonds. The molecule has 6 nitrogen and oxygen atoms in total. The van der Waals surface area contributed by atoms with Crippen molar-refractivity contribution < 1.29 is 26.9 Å². The highest BCUT2D eigenvalue weighted by atomic mass is 32.2. The van der Waals surface area contributed by atoms with E-state index in [0.717, 1.165) is 6.26 Å². The van der Waals surface area contributed by atoms with Crippen LogP contribution >= 0.6 is 0 Å². The van der Waals surface area contributed by atoms with E-state index in [1.807, 2.05) is 0 Å². The van der Waals surface area contributed by atoms with Crippen LogP contribution in [0, 0.1) is 0 Å². The van der Waals surface area contributed by atoms with Crippen LogP contribution in [0.1, 0.15) is 26.7 Å². The Morgan fingerprint density at radius 3 is 2.65 bits per heavy atom. The monoisotopic (exact) mass is 266 g/mol. The summed E-state index contributed by atoms with van der Waals surface area (Å²) in [5.41, 5.74) is -0.860. The molecule has 2 atom stereocenters. The van der Waals surface area contributed by atoms with Gasteiger partial charge in [0.1, 0.15) is 0 Å². The number of epoxide rings is 1. The van der Waals surface area contributed by atoms with Crippen LogP contribution in [0.25, 0.3) is 0 Å². The Morgan fingerprint density at radius 1 is 1.47 bits per heavy atom. The number of hydrogen-bond acceptors (Lipinski definition) is 6. The molecule has 0 aromatic rings. The summed E-state index contributed by atoms with van der Waals surface area (Å²) < 4.78 is 36.1. The molecule has 0 bridgehead atoms. The molecule has 0 aliphatic carbocycles. The third-order valence-corrected chi connectivity index (χ3v) is 3.13. The zero-order chi connectivity index (χ0) is 13.1. The van der Waals surface area contributed by atoms with E-state index in [-0.39, 0.29) is 18.7 Å². The van der Waals surface area contributed by atoms with Crippen LogP contribution in [0.4, 0.5) is 0 Å². The molecule has 1 saturated heterocycles. The Hall–Kier alpha value is -0.660. The van der Waals surface area contributed by atoms with Gasteiger partial charge in [0.2, 0.25) is 0 Å². The van der Waals surface area contributed by atoms with Crippen molar-refractivity contribution in [2.24, 2.45) is 0 Å². The van der Waals surface area contributed by atoms with Gasteiger partial charge in [-0.25, -0.2) is 4.79 Å². The highest BCUT2D eigenvalue weighted by Gasteiger charge is 2.59. The van der Waals surface area contributed by atoms with Crippen LogP contribution in [-0.4, -0.2) is 45.6 Å². The SMILES string of the molecule is CCOC(=O)[C@@]1(C)O[C@H]1CCCOS(C)(=O)=O. The first kappa shape index (κ1) is 14.4. The van der Waals surface area contributed by atoms with E-state index in [1.165, 1.54) is 0 Å². The van der Waals surface area contributed by atoms with Gasteiger partial charge in [-0.3, -0.25) is 4.18 Å². The molecule has 0 radical (unpaired) electrons. The molecule has 17 heavy (non-hydrogen) atoms. The van der Waals surface area contributed by atoms with Crippen LogP contribution < -0.4 is 0 Å².